The summed E-state index contributed by atoms with van der Waals surface area (Å²) in [6.45, 7) is 3.70. The van der Waals surface area contributed by atoms with Crippen molar-refractivity contribution in [2.45, 2.75) is 24.8 Å². The zero-order valence-electron chi connectivity index (χ0n) is 11.3. The largest absolute Gasteiger partial charge is 0.241 e. The lowest BCUT2D eigenvalue weighted by Crippen LogP contribution is -2.27. The lowest BCUT2D eigenvalue weighted by Gasteiger charge is -2.15. The van der Waals surface area contributed by atoms with Gasteiger partial charge in [-0.05, 0) is 37.6 Å². The Balaban J connectivity index is 2.24. The van der Waals surface area contributed by atoms with Crippen LogP contribution in [0.1, 0.15) is 24.1 Å². The standard InChI is InChI=1S/C15H16FNO2S/c1-11-5-3-6-13(9-11)12(2)17-20(18,19)15-8-4-7-14(16)10-15/h3-10,12,17H,1-2H3. The van der Waals surface area contributed by atoms with Crippen LogP contribution in [-0.2, 0) is 10.0 Å². The maximum atomic E-state index is 13.1. The first-order valence-electron chi connectivity index (χ1n) is 6.23. The van der Waals surface area contributed by atoms with Gasteiger partial charge in [-0.25, -0.2) is 17.5 Å². The molecule has 0 saturated heterocycles. The van der Waals surface area contributed by atoms with Gasteiger partial charge in [-0.15, -0.1) is 0 Å². The first-order chi connectivity index (χ1) is 9.38. The summed E-state index contributed by atoms with van der Waals surface area (Å²) in [5.74, 6) is -0.573. The van der Waals surface area contributed by atoms with Crippen LogP contribution in [0.25, 0.3) is 0 Å². The molecule has 0 spiro atoms. The van der Waals surface area contributed by atoms with Crippen molar-refractivity contribution in [3.05, 3.63) is 65.5 Å². The predicted molar refractivity (Wildman–Crippen MR) is 76.3 cm³/mol. The van der Waals surface area contributed by atoms with E-state index in [1.54, 1.807) is 6.92 Å². The molecule has 2 aromatic carbocycles. The Bertz CT molecular complexity index is 713. The van der Waals surface area contributed by atoms with E-state index < -0.39 is 15.8 Å². The number of rotatable bonds is 4. The van der Waals surface area contributed by atoms with E-state index in [1.807, 2.05) is 31.2 Å². The van der Waals surface area contributed by atoms with Gasteiger partial charge < -0.3 is 0 Å². The molecule has 2 rings (SSSR count). The first kappa shape index (κ1) is 14.7. The van der Waals surface area contributed by atoms with Gasteiger partial charge in [-0.2, -0.15) is 0 Å². The number of halogens is 1. The average Bonchev–Trinajstić information content (AvgIpc) is 2.38. The Labute approximate surface area is 118 Å². The molecular formula is C15H16FNO2S. The first-order valence-corrected chi connectivity index (χ1v) is 7.71. The maximum Gasteiger partial charge on any atom is 0.241 e. The van der Waals surface area contributed by atoms with Crippen molar-refractivity contribution in [1.29, 1.82) is 0 Å². The molecule has 0 aliphatic heterocycles. The van der Waals surface area contributed by atoms with Gasteiger partial charge >= 0.3 is 0 Å². The molecule has 0 aromatic heterocycles. The molecule has 1 N–H and O–H groups in total. The van der Waals surface area contributed by atoms with Crippen LogP contribution in [0.4, 0.5) is 4.39 Å². The number of hydrogen-bond donors (Lipinski definition) is 1. The number of sulfonamides is 1. The van der Waals surface area contributed by atoms with Crippen LogP contribution >= 0.6 is 0 Å². The van der Waals surface area contributed by atoms with E-state index in [0.29, 0.717) is 0 Å². The Morgan fingerprint density at radius 2 is 1.80 bits per heavy atom. The molecular weight excluding hydrogens is 277 g/mol. The minimum atomic E-state index is -3.73. The van der Waals surface area contributed by atoms with E-state index >= 15 is 0 Å². The number of aryl methyl sites for hydroxylation is 1. The Morgan fingerprint density at radius 3 is 2.45 bits per heavy atom. The highest BCUT2D eigenvalue weighted by Gasteiger charge is 2.18. The molecule has 0 aliphatic carbocycles. The van der Waals surface area contributed by atoms with Gasteiger partial charge in [-0.1, -0.05) is 35.9 Å². The molecule has 2 aromatic rings. The zero-order chi connectivity index (χ0) is 14.8. The fraction of sp³-hybridized carbons (Fsp3) is 0.200. The zero-order valence-corrected chi connectivity index (χ0v) is 12.1. The third kappa shape index (κ3) is 3.43. The molecule has 106 valence electrons. The minimum Gasteiger partial charge on any atom is -0.207 e. The van der Waals surface area contributed by atoms with Gasteiger partial charge in [0.05, 0.1) is 4.90 Å². The molecule has 3 nitrogen and oxygen atoms in total. The smallest absolute Gasteiger partial charge is 0.207 e. The van der Waals surface area contributed by atoms with Gasteiger partial charge in [0.15, 0.2) is 0 Å². The summed E-state index contributed by atoms with van der Waals surface area (Å²) in [6, 6.07) is 12.2. The van der Waals surface area contributed by atoms with Crippen LogP contribution in [0.5, 0.6) is 0 Å². The topological polar surface area (TPSA) is 46.2 Å². The van der Waals surface area contributed by atoms with Gasteiger partial charge in [0.2, 0.25) is 10.0 Å². The molecule has 0 saturated carbocycles. The van der Waals surface area contributed by atoms with Crippen molar-refractivity contribution < 1.29 is 12.8 Å². The molecule has 1 unspecified atom stereocenters. The third-order valence-corrected chi connectivity index (χ3v) is 4.52. The second-order valence-electron chi connectivity index (χ2n) is 4.71. The van der Waals surface area contributed by atoms with E-state index in [4.69, 9.17) is 0 Å². The van der Waals surface area contributed by atoms with Crippen LogP contribution < -0.4 is 4.72 Å². The van der Waals surface area contributed by atoms with Gasteiger partial charge in [-0.3, -0.25) is 0 Å². The van der Waals surface area contributed by atoms with Crippen molar-refractivity contribution in [3.8, 4) is 0 Å². The highest BCUT2D eigenvalue weighted by Crippen LogP contribution is 2.18. The van der Waals surface area contributed by atoms with Crippen LogP contribution in [0.2, 0.25) is 0 Å². The number of hydrogen-bond acceptors (Lipinski definition) is 2. The third-order valence-electron chi connectivity index (χ3n) is 2.98. The predicted octanol–water partition coefficient (Wildman–Crippen LogP) is 3.17. The van der Waals surface area contributed by atoms with Gasteiger partial charge in [0, 0.05) is 6.04 Å². The Kier molecular flexibility index (Phi) is 4.20. The summed E-state index contributed by atoms with van der Waals surface area (Å²) in [5, 5.41) is 0. The summed E-state index contributed by atoms with van der Waals surface area (Å²) in [4.78, 5) is -0.0722. The van der Waals surface area contributed by atoms with Crippen LogP contribution in [0.15, 0.2) is 53.4 Å². The Hall–Kier alpha value is -1.72. The van der Waals surface area contributed by atoms with Crippen LogP contribution in [-0.4, -0.2) is 8.42 Å². The molecule has 0 aliphatic rings. The van der Waals surface area contributed by atoms with E-state index in [2.05, 4.69) is 4.72 Å². The van der Waals surface area contributed by atoms with Crippen molar-refractivity contribution in [1.82, 2.24) is 4.72 Å². The van der Waals surface area contributed by atoms with Crippen LogP contribution in [0, 0.1) is 12.7 Å². The van der Waals surface area contributed by atoms with Crippen LogP contribution in [0.3, 0.4) is 0 Å². The minimum absolute atomic E-state index is 0.0722. The normalized spacial score (nSPS) is 13.2. The monoisotopic (exact) mass is 293 g/mol. The highest BCUT2D eigenvalue weighted by molar-refractivity contribution is 7.89. The molecule has 1 atom stereocenters. The second kappa shape index (κ2) is 5.73. The molecule has 0 amide bonds. The fourth-order valence-corrected chi connectivity index (χ4v) is 3.21. The quantitative estimate of drug-likeness (QED) is 0.941. The summed E-state index contributed by atoms with van der Waals surface area (Å²) in [6.07, 6.45) is 0. The second-order valence-corrected chi connectivity index (χ2v) is 6.43. The highest BCUT2D eigenvalue weighted by atomic mass is 32.2. The van der Waals surface area contributed by atoms with E-state index in [-0.39, 0.29) is 10.9 Å². The molecule has 0 radical (unpaired) electrons. The van der Waals surface area contributed by atoms with Crippen molar-refractivity contribution in [2.75, 3.05) is 0 Å². The molecule has 0 fully saturated rings. The van der Waals surface area contributed by atoms with E-state index in [9.17, 15) is 12.8 Å². The number of benzene rings is 2. The van der Waals surface area contributed by atoms with E-state index in [1.165, 1.54) is 18.2 Å². The SMILES string of the molecule is Cc1cccc(C(C)NS(=O)(=O)c2cccc(F)c2)c1. The summed E-state index contributed by atoms with van der Waals surface area (Å²) in [7, 11) is -3.73. The van der Waals surface area contributed by atoms with Crippen molar-refractivity contribution >= 4 is 10.0 Å². The lowest BCUT2D eigenvalue weighted by atomic mass is 10.1. The molecule has 0 heterocycles. The Morgan fingerprint density at radius 1 is 1.10 bits per heavy atom. The van der Waals surface area contributed by atoms with Gasteiger partial charge in [0.1, 0.15) is 5.82 Å². The average molecular weight is 293 g/mol. The molecule has 0 bridgehead atoms. The van der Waals surface area contributed by atoms with E-state index in [0.717, 1.165) is 17.2 Å². The summed E-state index contributed by atoms with van der Waals surface area (Å²) < 4.78 is 40.0. The summed E-state index contributed by atoms with van der Waals surface area (Å²) >= 11 is 0. The van der Waals surface area contributed by atoms with Crippen molar-refractivity contribution in [2.24, 2.45) is 0 Å². The molecule has 5 heteroatoms. The lowest BCUT2D eigenvalue weighted by molar-refractivity contribution is 0.564. The maximum absolute atomic E-state index is 13.1. The number of nitrogens with one attached hydrogen (secondary N) is 1. The molecule has 20 heavy (non-hydrogen) atoms. The fourth-order valence-electron chi connectivity index (χ4n) is 1.94. The van der Waals surface area contributed by atoms with Crippen molar-refractivity contribution in [3.63, 3.8) is 0 Å². The van der Waals surface area contributed by atoms with Gasteiger partial charge in [0.25, 0.3) is 0 Å². The summed E-state index contributed by atoms with van der Waals surface area (Å²) in [5.41, 5.74) is 1.92.